The summed E-state index contributed by atoms with van der Waals surface area (Å²) in [5.41, 5.74) is 1.69. The Balaban J connectivity index is 1.64. The van der Waals surface area contributed by atoms with Crippen LogP contribution in [-0.2, 0) is 15.8 Å². The van der Waals surface area contributed by atoms with Crippen molar-refractivity contribution in [3.05, 3.63) is 71.9 Å². The van der Waals surface area contributed by atoms with Gasteiger partial charge in [0.2, 0.25) is 11.8 Å². The largest absolute Gasteiger partial charge is 0.416 e. The van der Waals surface area contributed by atoms with Crippen LogP contribution in [0, 0.1) is 5.92 Å². The lowest BCUT2D eigenvalue weighted by atomic mass is 9.92. The van der Waals surface area contributed by atoms with Gasteiger partial charge in [0, 0.05) is 41.9 Å². The number of carbonyl (C=O) groups excluding carboxylic acids is 2. The van der Waals surface area contributed by atoms with Crippen LogP contribution in [0.1, 0.15) is 44.2 Å². The first kappa shape index (κ1) is 24.4. The van der Waals surface area contributed by atoms with E-state index in [-0.39, 0.29) is 30.5 Å². The SMILES string of the molecule is CCC(C)CC(=O)N1CC/C(=C\C(=O)Nc2ccc3cccnc3c2)c2ccc(C(F)(F)F)cc21. The van der Waals surface area contributed by atoms with Crippen LogP contribution in [0.4, 0.5) is 24.5 Å². The second-order valence-corrected chi connectivity index (χ2v) is 8.81. The number of anilines is 2. The molecule has 3 aromatic rings. The van der Waals surface area contributed by atoms with Crippen molar-refractivity contribution in [2.75, 3.05) is 16.8 Å². The van der Waals surface area contributed by atoms with Crippen molar-refractivity contribution in [1.29, 1.82) is 0 Å². The van der Waals surface area contributed by atoms with Crippen molar-refractivity contribution in [2.24, 2.45) is 5.92 Å². The fraction of sp³-hybridized carbons (Fsp3) is 0.296. The van der Waals surface area contributed by atoms with Gasteiger partial charge in [0.05, 0.1) is 16.8 Å². The molecule has 0 radical (unpaired) electrons. The summed E-state index contributed by atoms with van der Waals surface area (Å²) in [6, 6.07) is 12.4. The Morgan fingerprint density at radius 2 is 1.97 bits per heavy atom. The van der Waals surface area contributed by atoms with E-state index in [2.05, 4.69) is 10.3 Å². The lowest BCUT2D eigenvalue weighted by molar-refractivity contribution is -0.137. The van der Waals surface area contributed by atoms with Gasteiger partial charge in [0.15, 0.2) is 0 Å². The molecule has 2 heterocycles. The number of hydrogen-bond acceptors (Lipinski definition) is 3. The first-order valence-electron chi connectivity index (χ1n) is 11.5. The van der Waals surface area contributed by atoms with Crippen LogP contribution in [0.3, 0.4) is 0 Å². The zero-order valence-corrected chi connectivity index (χ0v) is 19.5. The molecule has 1 aromatic heterocycles. The summed E-state index contributed by atoms with van der Waals surface area (Å²) in [5, 5.41) is 3.74. The van der Waals surface area contributed by atoms with Crippen LogP contribution in [0.2, 0.25) is 0 Å². The first-order valence-corrected chi connectivity index (χ1v) is 11.5. The van der Waals surface area contributed by atoms with Gasteiger partial charge in [-0.05, 0) is 48.2 Å². The summed E-state index contributed by atoms with van der Waals surface area (Å²) in [6.07, 6.45) is -0.0729. The molecule has 8 heteroatoms. The molecule has 0 saturated carbocycles. The summed E-state index contributed by atoms with van der Waals surface area (Å²) in [4.78, 5) is 31.4. The fourth-order valence-corrected chi connectivity index (χ4v) is 4.13. The summed E-state index contributed by atoms with van der Waals surface area (Å²) >= 11 is 0. The Hall–Kier alpha value is -3.68. The van der Waals surface area contributed by atoms with E-state index in [1.165, 1.54) is 17.0 Å². The Morgan fingerprint density at radius 3 is 2.71 bits per heavy atom. The molecule has 1 atom stereocenters. The Kier molecular flexibility index (Phi) is 6.91. The summed E-state index contributed by atoms with van der Waals surface area (Å²) in [6.45, 7) is 4.12. The first-order chi connectivity index (χ1) is 16.7. The zero-order chi connectivity index (χ0) is 25.2. The second kappa shape index (κ2) is 9.90. The number of hydrogen-bond donors (Lipinski definition) is 1. The predicted molar refractivity (Wildman–Crippen MR) is 131 cm³/mol. The van der Waals surface area contributed by atoms with Gasteiger partial charge in [-0.3, -0.25) is 14.6 Å². The molecule has 182 valence electrons. The van der Waals surface area contributed by atoms with Crippen LogP contribution in [0.15, 0.2) is 60.8 Å². The Bertz CT molecular complexity index is 1300. The number of nitrogens with zero attached hydrogens (tertiary/aromatic N) is 2. The second-order valence-electron chi connectivity index (χ2n) is 8.81. The lowest BCUT2D eigenvalue weighted by Gasteiger charge is -2.32. The van der Waals surface area contributed by atoms with Gasteiger partial charge in [-0.1, -0.05) is 38.5 Å². The molecular formula is C27H26F3N3O2. The summed E-state index contributed by atoms with van der Waals surface area (Å²) in [5.74, 6) is -0.497. The third-order valence-corrected chi connectivity index (χ3v) is 6.27. The van der Waals surface area contributed by atoms with Crippen molar-refractivity contribution >= 4 is 39.7 Å². The van der Waals surface area contributed by atoms with Crippen LogP contribution < -0.4 is 10.2 Å². The molecule has 1 aliphatic heterocycles. The predicted octanol–water partition coefficient (Wildman–Crippen LogP) is 6.45. The van der Waals surface area contributed by atoms with Gasteiger partial charge in [0.25, 0.3) is 0 Å². The van der Waals surface area contributed by atoms with Gasteiger partial charge in [-0.2, -0.15) is 13.2 Å². The topological polar surface area (TPSA) is 62.3 Å². The van der Waals surface area contributed by atoms with E-state index in [9.17, 15) is 22.8 Å². The number of nitrogens with one attached hydrogen (secondary N) is 1. The van der Waals surface area contributed by atoms with Gasteiger partial charge in [-0.15, -0.1) is 0 Å². The van der Waals surface area contributed by atoms with E-state index in [0.29, 0.717) is 23.2 Å². The van der Waals surface area contributed by atoms with Crippen LogP contribution in [-0.4, -0.2) is 23.3 Å². The fourth-order valence-electron chi connectivity index (χ4n) is 4.13. The van der Waals surface area contributed by atoms with Crippen molar-refractivity contribution in [3.63, 3.8) is 0 Å². The zero-order valence-electron chi connectivity index (χ0n) is 19.5. The van der Waals surface area contributed by atoms with E-state index in [1.54, 1.807) is 18.3 Å². The standard InChI is InChI=1S/C27H26F3N3O2/c1-3-17(2)13-26(35)33-12-10-19(22-9-7-20(15-24(22)33)27(28,29)30)14-25(34)32-21-8-6-18-5-4-11-31-23(18)16-21/h4-9,11,14-17H,3,10,12-13H2,1-2H3,(H,32,34)/b19-14+. The number of amides is 2. The maximum absolute atomic E-state index is 13.4. The molecule has 0 spiro atoms. The Labute approximate surface area is 201 Å². The molecule has 0 bridgehead atoms. The minimum absolute atomic E-state index is 0.121. The molecular weight excluding hydrogens is 455 g/mol. The highest BCUT2D eigenvalue weighted by molar-refractivity contribution is 6.07. The van der Waals surface area contributed by atoms with Crippen molar-refractivity contribution in [3.8, 4) is 0 Å². The van der Waals surface area contributed by atoms with E-state index < -0.39 is 17.6 Å². The maximum Gasteiger partial charge on any atom is 0.416 e. The van der Waals surface area contributed by atoms with Crippen molar-refractivity contribution < 1.29 is 22.8 Å². The molecule has 0 fully saturated rings. The lowest BCUT2D eigenvalue weighted by Crippen LogP contribution is -2.36. The van der Waals surface area contributed by atoms with Crippen molar-refractivity contribution in [2.45, 2.75) is 39.3 Å². The molecule has 4 rings (SSSR count). The molecule has 0 saturated heterocycles. The van der Waals surface area contributed by atoms with Gasteiger partial charge in [0.1, 0.15) is 0 Å². The molecule has 2 aromatic carbocycles. The third kappa shape index (κ3) is 5.53. The van der Waals surface area contributed by atoms with Gasteiger partial charge in [-0.25, -0.2) is 0 Å². The summed E-state index contributed by atoms with van der Waals surface area (Å²) < 4.78 is 40.3. The van der Waals surface area contributed by atoms with E-state index in [4.69, 9.17) is 0 Å². The van der Waals surface area contributed by atoms with Crippen molar-refractivity contribution in [1.82, 2.24) is 4.98 Å². The quantitative estimate of drug-likeness (QED) is 0.426. The average Bonchev–Trinajstić information content (AvgIpc) is 2.83. The van der Waals surface area contributed by atoms with E-state index in [1.807, 2.05) is 32.0 Å². The Morgan fingerprint density at radius 1 is 1.17 bits per heavy atom. The highest BCUT2D eigenvalue weighted by atomic mass is 19.4. The molecule has 35 heavy (non-hydrogen) atoms. The van der Waals surface area contributed by atoms with Crippen LogP contribution in [0.5, 0.6) is 0 Å². The number of aromatic nitrogens is 1. The van der Waals surface area contributed by atoms with Crippen LogP contribution >= 0.6 is 0 Å². The highest BCUT2D eigenvalue weighted by Crippen LogP contribution is 2.40. The highest BCUT2D eigenvalue weighted by Gasteiger charge is 2.34. The molecule has 1 unspecified atom stereocenters. The molecule has 1 aliphatic rings. The minimum atomic E-state index is -4.54. The third-order valence-electron chi connectivity index (χ3n) is 6.27. The molecule has 5 nitrogen and oxygen atoms in total. The van der Waals surface area contributed by atoms with Crippen LogP contribution in [0.25, 0.3) is 16.5 Å². The monoisotopic (exact) mass is 481 g/mol. The average molecular weight is 482 g/mol. The van der Waals surface area contributed by atoms with E-state index >= 15 is 0 Å². The number of carbonyl (C=O) groups is 2. The smallest absolute Gasteiger partial charge is 0.322 e. The molecule has 0 aliphatic carbocycles. The minimum Gasteiger partial charge on any atom is -0.322 e. The van der Waals surface area contributed by atoms with Gasteiger partial charge >= 0.3 is 6.18 Å². The number of fused-ring (bicyclic) bond motifs is 2. The summed E-state index contributed by atoms with van der Waals surface area (Å²) in [7, 11) is 0. The molecule has 2 amide bonds. The number of halogens is 3. The van der Waals surface area contributed by atoms with E-state index in [0.717, 1.165) is 29.5 Å². The maximum atomic E-state index is 13.4. The number of benzene rings is 2. The molecule has 1 N–H and O–H groups in total. The number of pyridine rings is 1. The number of rotatable bonds is 5. The number of alkyl halides is 3. The normalized spacial score (nSPS) is 15.7. The van der Waals surface area contributed by atoms with Gasteiger partial charge < -0.3 is 10.2 Å².